The highest BCUT2D eigenvalue weighted by atomic mass is 16.5. The maximum absolute atomic E-state index is 11.2. The first-order chi connectivity index (χ1) is 9.72. The van der Waals surface area contributed by atoms with Gasteiger partial charge in [0.15, 0.2) is 0 Å². The molecule has 1 aromatic heterocycles. The van der Waals surface area contributed by atoms with E-state index in [-0.39, 0.29) is 6.61 Å². The first kappa shape index (κ1) is 14.1. The van der Waals surface area contributed by atoms with Crippen molar-refractivity contribution in [3.8, 4) is 5.75 Å². The summed E-state index contributed by atoms with van der Waals surface area (Å²) in [5.74, 6) is 6.01. The average Bonchev–Trinajstić information content (AvgIpc) is 2.96. The third-order valence-corrected chi connectivity index (χ3v) is 2.72. The van der Waals surface area contributed by atoms with E-state index in [1.807, 2.05) is 29.7 Å². The number of ether oxygens (including phenoxy) is 2. The fraction of sp³-hybridized carbons (Fsp3) is 0.214. The molecule has 20 heavy (non-hydrogen) atoms. The van der Waals surface area contributed by atoms with Gasteiger partial charge in [-0.15, -0.1) is 0 Å². The van der Waals surface area contributed by atoms with Gasteiger partial charge in [0.1, 0.15) is 24.4 Å². The van der Waals surface area contributed by atoms with Gasteiger partial charge in [-0.05, 0) is 23.8 Å². The van der Waals surface area contributed by atoms with E-state index in [4.69, 9.17) is 19.7 Å². The predicted octanol–water partition coefficient (Wildman–Crippen LogP) is 1.61. The van der Waals surface area contributed by atoms with Crippen molar-refractivity contribution in [3.05, 3.63) is 53.5 Å². The Morgan fingerprint density at radius 3 is 2.70 bits per heavy atom. The van der Waals surface area contributed by atoms with Crippen LogP contribution in [0.4, 0.5) is 0 Å². The van der Waals surface area contributed by atoms with Gasteiger partial charge in [0.2, 0.25) is 0 Å². The number of carbonyl (C=O) groups excluding carboxylic acids is 1. The van der Waals surface area contributed by atoms with E-state index in [1.165, 1.54) is 6.26 Å². The number of furan rings is 1. The lowest BCUT2D eigenvalue weighted by atomic mass is 10.2. The Morgan fingerprint density at radius 2 is 2.05 bits per heavy atom. The summed E-state index contributed by atoms with van der Waals surface area (Å²) in [6, 6.07) is 9.18. The van der Waals surface area contributed by atoms with Gasteiger partial charge in [-0.1, -0.05) is 12.1 Å². The van der Waals surface area contributed by atoms with E-state index in [0.717, 1.165) is 11.3 Å². The Hall–Kier alpha value is -2.31. The van der Waals surface area contributed by atoms with Crippen LogP contribution >= 0.6 is 0 Å². The van der Waals surface area contributed by atoms with Crippen LogP contribution in [0.3, 0.4) is 0 Å². The van der Waals surface area contributed by atoms with Crippen LogP contribution in [0.15, 0.2) is 41.0 Å². The van der Waals surface area contributed by atoms with Crippen molar-refractivity contribution in [2.24, 2.45) is 5.84 Å². The van der Waals surface area contributed by atoms with Crippen LogP contribution in [0.1, 0.15) is 21.7 Å². The Bertz CT molecular complexity index is 563. The van der Waals surface area contributed by atoms with Gasteiger partial charge in [0.25, 0.3) is 5.91 Å². The van der Waals surface area contributed by atoms with Crippen molar-refractivity contribution in [3.63, 3.8) is 0 Å². The monoisotopic (exact) mass is 276 g/mol. The fourth-order valence-corrected chi connectivity index (χ4v) is 1.65. The van der Waals surface area contributed by atoms with Gasteiger partial charge in [0, 0.05) is 0 Å². The van der Waals surface area contributed by atoms with Crippen molar-refractivity contribution >= 4 is 5.91 Å². The van der Waals surface area contributed by atoms with Crippen LogP contribution in [0.2, 0.25) is 0 Å². The molecule has 1 amide bonds. The molecule has 0 aliphatic carbocycles. The predicted molar refractivity (Wildman–Crippen MR) is 71.8 cm³/mol. The zero-order valence-corrected chi connectivity index (χ0v) is 11.1. The zero-order chi connectivity index (χ0) is 14.4. The number of carbonyl (C=O) groups is 1. The second kappa shape index (κ2) is 6.74. The van der Waals surface area contributed by atoms with E-state index in [2.05, 4.69) is 0 Å². The summed E-state index contributed by atoms with van der Waals surface area (Å²) in [6.45, 7) is 0.729. The van der Waals surface area contributed by atoms with Crippen molar-refractivity contribution in [2.75, 3.05) is 7.11 Å². The fourth-order valence-electron chi connectivity index (χ4n) is 1.65. The van der Waals surface area contributed by atoms with Crippen LogP contribution in [-0.2, 0) is 18.0 Å². The molecule has 0 spiro atoms. The normalized spacial score (nSPS) is 10.3. The summed E-state index contributed by atoms with van der Waals surface area (Å²) in [7, 11) is 1.62. The number of hydrogen-bond donors (Lipinski definition) is 2. The highest BCUT2D eigenvalue weighted by Crippen LogP contribution is 2.13. The quantitative estimate of drug-likeness (QED) is 0.475. The summed E-state index contributed by atoms with van der Waals surface area (Å²) < 4.78 is 15.8. The lowest BCUT2D eigenvalue weighted by Crippen LogP contribution is -2.29. The van der Waals surface area contributed by atoms with E-state index in [1.54, 1.807) is 13.2 Å². The number of nitrogens with one attached hydrogen (secondary N) is 1. The van der Waals surface area contributed by atoms with Gasteiger partial charge >= 0.3 is 0 Å². The topological polar surface area (TPSA) is 86.7 Å². The molecule has 1 aromatic carbocycles. The molecule has 0 atom stereocenters. The van der Waals surface area contributed by atoms with Crippen LogP contribution in [-0.4, -0.2) is 13.0 Å². The molecule has 6 heteroatoms. The van der Waals surface area contributed by atoms with Crippen molar-refractivity contribution in [1.29, 1.82) is 0 Å². The molecule has 0 saturated heterocycles. The van der Waals surface area contributed by atoms with Crippen molar-refractivity contribution in [1.82, 2.24) is 5.43 Å². The van der Waals surface area contributed by atoms with E-state index < -0.39 is 5.91 Å². The van der Waals surface area contributed by atoms with Gasteiger partial charge in [-0.25, -0.2) is 5.84 Å². The first-order valence-electron chi connectivity index (χ1n) is 6.02. The van der Waals surface area contributed by atoms with Gasteiger partial charge in [-0.3, -0.25) is 10.2 Å². The Kier molecular flexibility index (Phi) is 4.75. The second-order valence-electron chi connectivity index (χ2n) is 4.12. The minimum Gasteiger partial charge on any atom is -0.497 e. The number of benzene rings is 1. The number of nitrogens with two attached hydrogens (primary N) is 1. The summed E-state index contributed by atoms with van der Waals surface area (Å²) in [5, 5.41) is 0. The second-order valence-corrected chi connectivity index (χ2v) is 4.12. The zero-order valence-electron chi connectivity index (χ0n) is 11.1. The summed E-state index contributed by atoms with van der Waals surface area (Å²) >= 11 is 0. The highest BCUT2D eigenvalue weighted by molar-refractivity contribution is 5.93. The summed E-state index contributed by atoms with van der Waals surface area (Å²) in [5.41, 5.74) is 3.43. The van der Waals surface area contributed by atoms with Crippen LogP contribution in [0, 0.1) is 0 Å². The summed E-state index contributed by atoms with van der Waals surface area (Å²) in [4.78, 5) is 11.2. The van der Waals surface area contributed by atoms with E-state index in [0.29, 0.717) is 17.9 Å². The number of methoxy groups -OCH3 is 1. The average molecular weight is 276 g/mol. The van der Waals surface area contributed by atoms with E-state index in [9.17, 15) is 4.79 Å². The molecular weight excluding hydrogens is 260 g/mol. The Balaban J connectivity index is 1.83. The SMILES string of the molecule is COc1ccc(COCc2cc(C(=O)NN)co2)cc1. The molecule has 1 heterocycles. The Labute approximate surface area is 116 Å². The van der Waals surface area contributed by atoms with Gasteiger partial charge < -0.3 is 13.9 Å². The molecule has 3 N–H and O–H groups in total. The molecule has 0 unspecified atom stereocenters. The van der Waals surface area contributed by atoms with Crippen LogP contribution in [0.5, 0.6) is 5.75 Å². The largest absolute Gasteiger partial charge is 0.497 e. The first-order valence-corrected chi connectivity index (χ1v) is 6.02. The molecule has 6 nitrogen and oxygen atoms in total. The lowest BCUT2D eigenvalue weighted by Gasteiger charge is -2.04. The molecule has 0 aliphatic rings. The van der Waals surface area contributed by atoms with Gasteiger partial charge in [-0.2, -0.15) is 0 Å². The summed E-state index contributed by atoms with van der Waals surface area (Å²) in [6.07, 6.45) is 1.34. The molecular formula is C14H16N2O4. The number of hydrazine groups is 1. The molecule has 2 aromatic rings. The minimum absolute atomic E-state index is 0.282. The molecule has 2 rings (SSSR count). The molecule has 106 valence electrons. The molecule has 0 aliphatic heterocycles. The maximum Gasteiger partial charge on any atom is 0.268 e. The lowest BCUT2D eigenvalue weighted by molar-refractivity contribution is 0.0929. The number of rotatable bonds is 6. The molecule has 0 bridgehead atoms. The molecule has 0 saturated carbocycles. The number of amides is 1. The maximum atomic E-state index is 11.2. The third-order valence-electron chi connectivity index (χ3n) is 2.72. The standard InChI is InChI=1S/C14H16N2O4/c1-18-12-4-2-10(3-5-12)7-19-9-13-6-11(8-20-13)14(17)16-15/h2-6,8H,7,9,15H2,1H3,(H,16,17). The Morgan fingerprint density at radius 1 is 1.30 bits per heavy atom. The number of nitrogen functional groups attached to an aromatic ring is 1. The van der Waals surface area contributed by atoms with Crippen molar-refractivity contribution < 1.29 is 18.7 Å². The molecule has 0 radical (unpaired) electrons. The van der Waals surface area contributed by atoms with Crippen LogP contribution < -0.4 is 16.0 Å². The number of hydrogen-bond acceptors (Lipinski definition) is 5. The van der Waals surface area contributed by atoms with E-state index >= 15 is 0 Å². The minimum atomic E-state index is -0.393. The van der Waals surface area contributed by atoms with Crippen molar-refractivity contribution in [2.45, 2.75) is 13.2 Å². The smallest absolute Gasteiger partial charge is 0.268 e. The van der Waals surface area contributed by atoms with Gasteiger partial charge in [0.05, 0.1) is 19.3 Å². The van der Waals surface area contributed by atoms with Crippen LogP contribution in [0.25, 0.3) is 0 Å². The highest BCUT2D eigenvalue weighted by Gasteiger charge is 2.08. The molecule has 0 fully saturated rings. The third kappa shape index (κ3) is 3.59.